The quantitative estimate of drug-likeness (QED) is 0.490. The zero-order valence-electron chi connectivity index (χ0n) is 7.76. The lowest BCUT2D eigenvalue weighted by Gasteiger charge is -2.31. The molecular formula is C8H8N2O3S2. The lowest BCUT2D eigenvalue weighted by atomic mass is 10.1. The highest BCUT2D eigenvalue weighted by atomic mass is 32.2. The number of hydrazine groups is 1. The van der Waals surface area contributed by atoms with E-state index in [1.165, 1.54) is 11.8 Å². The number of amides is 3. The topological polar surface area (TPSA) is 57.7 Å². The van der Waals surface area contributed by atoms with Crippen LogP contribution in [0, 0.1) is 0 Å². The van der Waals surface area contributed by atoms with E-state index in [1.54, 1.807) is 0 Å². The first kappa shape index (κ1) is 10.6. The fraction of sp³-hybridized carbons (Fsp3) is 0.500. The summed E-state index contributed by atoms with van der Waals surface area (Å²) in [5.41, 5.74) is 0. The predicted octanol–water partition coefficient (Wildman–Crippen LogP) is 0.301. The SMILES string of the molecule is O=C1CCCC(=O)N1N1C(=O)CSC1=S. The maximum absolute atomic E-state index is 11.5. The summed E-state index contributed by atoms with van der Waals surface area (Å²) in [6.07, 6.45) is 1.14. The van der Waals surface area contributed by atoms with E-state index in [1.807, 2.05) is 0 Å². The summed E-state index contributed by atoms with van der Waals surface area (Å²) in [6, 6.07) is 0. The number of hydrogen-bond donors (Lipinski definition) is 0. The molecule has 2 saturated heterocycles. The maximum atomic E-state index is 11.5. The minimum atomic E-state index is -0.343. The van der Waals surface area contributed by atoms with Gasteiger partial charge in [0.1, 0.15) is 0 Å². The molecule has 5 nitrogen and oxygen atoms in total. The van der Waals surface area contributed by atoms with Crippen LogP contribution in [-0.4, -0.2) is 37.8 Å². The van der Waals surface area contributed by atoms with Crippen molar-refractivity contribution in [3.05, 3.63) is 0 Å². The molecule has 80 valence electrons. The molecule has 2 heterocycles. The van der Waals surface area contributed by atoms with Crippen LogP contribution in [0.25, 0.3) is 0 Å². The first-order valence-corrected chi connectivity index (χ1v) is 5.86. The Hall–Kier alpha value is -0.950. The number of rotatable bonds is 1. The Balaban J connectivity index is 2.27. The molecule has 0 bridgehead atoms. The maximum Gasteiger partial charge on any atom is 0.258 e. The number of hydrogen-bond acceptors (Lipinski definition) is 5. The molecule has 7 heteroatoms. The minimum Gasteiger partial charge on any atom is -0.273 e. The third-order valence-electron chi connectivity index (χ3n) is 2.18. The number of imide groups is 1. The van der Waals surface area contributed by atoms with Crippen LogP contribution in [0.15, 0.2) is 0 Å². The minimum absolute atomic E-state index is 0.204. The van der Waals surface area contributed by atoms with E-state index in [0.29, 0.717) is 19.3 Å². The van der Waals surface area contributed by atoms with Gasteiger partial charge in [-0.25, -0.2) is 0 Å². The zero-order chi connectivity index (χ0) is 11.0. The molecule has 2 fully saturated rings. The Morgan fingerprint density at radius 1 is 1.00 bits per heavy atom. The fourth-order valence-electron chi connectivity index (χ4n) is 1.51. The summed E-state index contributed by atoms with van der Waals surface area (Å²) in [7, 11) is 0. The Labute approximate surface area is 95.7 Å². The van der Waals surface area contributed by atoms with Crippen molar-refractivity contribution in [2.75, 3.05) is 5.75 Å². The molecule has 0 N–H and O–H groups in total. The van der Waals surface area contributed by atoms with Crippen LogP contribution in [0.1, 0.15) is 19.3 Å². The number of piperidine rings is 1. The van der Waals surface area contributed by atoms with Gasteiger partial charge in [0.15, 0.2) is 4.32 Å². The Kier molecular flexibility index (Phi) is 2.74. The second kappa shape index (κ2) is 3.90. The largest absolute Gasteiger partial charge is 0.273 e. The van der Waals surface area contributed by atoms with Gasteiger partial charge < -0.3 is 0 Å². The summed E-state index contributed by atoms with van der Waals surface area (Å²) in [4.78, 5) is 34.5. The smallest absolute Gasteiger partial charge is 0.258 e. The highest BCUT2D eigenvalue weighted by molar-refractivity contribution is 8.23. The second-order valence-electron chi connectivity index (χ2n) is 3.21. The molecule has 0 spiro atoms. The summed E-state index contributed by atoms with van der Waals surface area (Å²) < 4.78 is 0.281. The van der Waals surface area contributed by atoms with Crippen molar-refractivity contribution >= 4 is 46.0 Å². The van der Waals surface area contributed by atoms with Crippen molar-refractivity contribution in [3.63, 3.8) is 0 Å². The van der Waals surface area contributed by atoms with Gasteiger partial charge in [0.25, 0.3) is 5.91 Å². The van der Waals surface area contributed by atoms with E-state index < -0.39 is 0 Å². The monoisotopic (exact) mass is 244 g/mol. The highest BCUT2D eigenvalue weighted by Gasteiger charge is 2.39. The summed E-state index contributed by atoms with van der Waals surface area (Å²) >= 11 is 6.10. The Bertz CT molecular complexity index is 337. The molecule has 3 amide bonds. The van der Waals surface area contributed by atoms with E-state index in [2.05, 4.69) is 0 Å². The highest BCUT2D eigenvalue weighted by Crippen LogP contribution is 2.25. The molecule has 0 saturated carbocycles. The standard InChI is InChI=1S/C8H8N2O3S2/c11-5-2-1-3-6(12)9(5)10-7(13)4-15-8(10)14/h1-4H2. The van der Waals surface area contributed by atoms with Crippen LogP contribution >= 0.6 is 24.0 Å². The van der Waals surface area contributed by atoms with Crippen LogP contribution in [0.3, 0.4) is 0 Å². The van der Waals surface area contributed by atoms with Gasteiger partial charge in [0.05, 0.1) is 5.75 Å². The molecule has 15 heavy (non-hydrogen) atoms. The van der Waals surface area contributed by atoms with Crippen LogP contribution in [0.2, 0.25) is 0 Å². The van der Waals surface area contributed by atoms with E-state index >= 15 is 0 Å². The molecule has 2 aliphatic heterocycles. The zero-order valence-corrected chi connectivity index (χ0v) is 9.40. The molecule has 0 radical (unpaired) electrons. The van der Waals surface area contributed by atoms with Crippen LogP contribution in [0.5, 0.6) is 0 Å². The first-order chi connectivity index (χ1) is 7.11. The van der Waals surface area contributed by atoms with Gasteiger partial charge in [-0.05, 0) is 6.42 Å². The molecule has 0 aromatic carbocycles. The van der Waals surface area contributed by atoms with Crippen molar-refractivity contribution in [3.8, 4) is 0 Å². The van der Waals surface area contributed by atoms with E-state index in [0.717, 1.165) is 10.0 Å². The lowest BCUT2D eigenvalue weighted by Crippen LogP contribution is -2.53. The molecule has 2 rings (SSSR count). The molecule has 0 aliphatic carbocycles. The first-order valence-electron chi connectivity index (χ1n) is 4.46. The van der Waals surface area contributed by atoms with E-state index in [9.17, 15) is 14.4 Å². The van der Waals surface area contributed by atoms with Gasteiger partial charge >= 0.3 is 0 Å². The van der Waals surface area contributed by atoms with Gasteiger partial charge in [-0.3, -0.25) is 14.4 Å². The van der Waals surface area contributed by atoms with Gasteiger partial charge in [-0.1, -0.05) is 24.0 Å². The predicted molar refractivity (Wildman–Crippen MR) is 57.6 cm³/mol. The van der Waals surface area contributed by atoms with Crippen molar-refractivity contribution in [2.45, 2.75) is 19.3 Å². The lowest BCUT2D eigenvalue weighted by molar-refractivity contribution is -0.166. The van der Waals surface area contributed by atoms with Gasteiger partial charge in [-0.2, -0.15) is 10.0 Å². The van der Waals surface area contributed by atoms with Gasteiger partial charge in [-0.15, -0.1) is 0 Å². The summed E-state index contributed by atoms with van der Waals surface area (Å²) in [5, 5.41) is 1.93. The molecule has 2 aliphatic rings. The number of nitrogens with zero attached hydrogens (tertiary/aromatic N) is 2. The van der Waals surface area contributed by atoms with Gasteiger partial charge in [0.2, 0.25) is 11.8 Å². The molecule has 0 aromatic rings. The third-order valence-corrected chi connectivity index (χ3v) is 3.52. The van der Waals surface area contributed by atoms with E-state index in [-0.39, 0.29) is 27.8 Å². The Morgan fingerprint density at radius 3 is 2.07 bits per heavy atom. The van der Waals surface area contributed by atoms with Crippen molar-refractivity contribution in [1.29, 1.82) is 0 Å². The summed E-state index contributed by atoms with van der Waals surface area (Å²) in [6.45, 7) is 0. The Morgan fingerprint density at radius 2 is 1.60 bits per heavy atom. The normalized spacial score (nSPS) is 22.9. The molecule has 0 aromatic heterocycles. The van der Waals surface area contributed by atoms with Crippen LogP contribution < -0.4 is 0 Å². The fourth-order valence-corrected chi connectivity index (χ4v) is 2.54. The van der Waals surface area contributed by atoms with Crippen LogP contribution in [0.4, 0.5) is 0 Å². The number of thioether (sulfide) groups is 1. The summed E-state index contributed by atoms with van der Waals surface area (Å²) in [5.74, 6) is -0.780. The average Bonchev–Trinajstić information content (AvgIpc) is 2.49. The van der Waals surface area contributed by atoms with Crippen LogP contribution in [-0.2, 0) is 14.4 Å². The van der Waals surface area contributed by atoms with Crippen molar-refractivity contribution in [2.24, 2.45) is 0 Å². The molecular weight excluding hydrogens is 236 g/mol. The number of thiocarbonyl (C=S) groups is 1. The van der Waals surface area contributed by atoms with Gasteiger partial charge in [0, 0.05) is 12.8 Å². The number of carbonyl (C=O) groups is 3. The number of carbonyl (C=O) groups excluding carboxylic acids is 3. The molecule has 0 atom stereocenters. The third kappa shape index (κ3) is 1.76. The molecule has 0 unspecified atom stereocenters. The second-order valence-corrected chi connectivity index (χ2v) is 4.82. The van der Waals surface area contributed by atoms with E-state index in [4.69, 9.17) is 12.2 Å². The van der Waals surface area contributed by atoms with Crippen molar-refractivity contribution in [1.82, 2.24) is 10.0 Å². The average molecular weight is 244 g/mol. The van der Waals surface area contributed by atoms with Crippen molar-refractivity contribution < 1.29 is 14.4 Å².